The van der Waals surface area contributed by atoms with Crippen LogP contribution in [-0.4, -0.2) is 50.5 Å². The van der Waals surface area contributed by atoms with E-state index in [1.807, 2.05) is 0 Å². The van der Waals surface area contributed by atoms with Gasteiger partial charge in [-0.05, 0) is 24.7 Å². The summed E-state index contributed by atoms with van der Waals surface area (Å²) in [5.74, 6) is 2.80. The molecule has 0 spiro atoms. The first kappa shape index (κ1) is 12.3. The number of hydrogen-bond acceptors (Lipinski definition) is 1. The van der Waals surface area contributed by atoms with E-state index in [1.54, 1.807) is 0 Å². The highest BCUT2D eigenvalue weighted by Crippen LogP contribution is 2.30. The molecular formula is C12H25N3. The lowest BCUT2D eigenvalue weighted by Crippen LogP contribution is -2.35. The first-order valence-electron chi connectivity index (χ1n) is 5.89. The SMILES string of the molecule is CC1CCC(CN=C(N(C)C)N(C)C)C1. The fourth-order valence-electron chi connectivity index (χ4n) is 2.38. The lowest BCUT2D eigenvalue weighted by atomic mass is 10.1. The van der Waals surface area contributed by atoms with Crippen LogP contribution in [0.4, 0.5) is 0 Å². The van der Waals surface area contributed by atoms with Crippen molar-refractivity contribution in [2.45, 2.75) is 26.2 Å². The third-order valence-electron chi connectivity index (χ3n) is 3.09. The van der Waals surface area contributed by atoms with Gasteiger partial charge in [0.25, 0.3) is 0 Å². The van der Waals surface area contributed by atoms with E-state index in [0.717, 1.165) is 24.3 Å². The van der Waals surface area contributed by atoms with Gasteiger partial charge in [-0.15, -0.1) is 0 Å². The first-order valence-corrected chi connectivity index (χ1v) is 5.89. The number of aliphatic imine (C=N–C) groups is 1. The maximum atomic E-state index is 4.71. The van der Waals surface area contributed by atoms with Gasteiger partial charge in [-0.1, -0.05) is 13.3 Å². The number of rotatable bonds is 2. The molecule has 2 atom stereocenters. The minimum atomic E-state index is 0.815. The van der Waals surface area contributed by atoms with Gasteiger partial charge in [-0.25, -0.2) is 0 Å². The second-order valence-electron chi connectivity index (χ2n) is 5.21. The summed E-state index contributed by atoms with van der Waals surface area (Å²) >= 11 is 0. The lowest BCUT2D eigenvalue weighted by Gasteiger charge is -2.23. The fraction of sp³-hybridized carbons (Fsp3) is 0.917. The quantitative estimate of drug-likeness (QED) is 0.513. The highest BCUT2D eigenvalue weighted by Gasteiger charge is 2.21. The maximum absolute atomic E-state index is 4.71. The summed E-state index contributed by atoms with van der Waals surface area (Å²) in [5.41, 5.74) is 0. The monoisotopic (exact) mass is 211 g/mol. The molecule has 1 saturated carbocycles. The van der Waals surface area contributed by atoms with E-state index in [4.69, 9.17) is 4.99 Å². The topological polar surface area (TPSA) is 18.8 Å². The number of nitrogens with zero attached hydrogens (tertiary/aromatic N) is 3. The Balaban J connectivity index is 2.46. The molecule has 1 fully saturated rings. The maximum Gasteiger partial charge on any atom is 0.195 e. The number of hydrogen-bond donors (Lipinski definition) is 0. The highest BCUT2D eigenvalue weighted by atomic mass is 15.3. The standard InChI is InChI=1S/C12H25N3/c1-10-6-7-11(8-10)9-13-12(14(2)3)15(4)5/h10-11H,6-9H2,1-5H3. The molecule has 0 bridgehead atoms. The first-order chi connectivity index (χ1) is 7.00. The molecule has 1 aliphatic carbocycles. The Morgan fingerprint density at radius 3 is 2.13 bits per heavy atom. The number of guanidine groups is 1. The van der Waals surface area contributed by atoms with Crippen molar-refractivity contribution in [1.82, 2.24) is 9.80 Å². The molecular weight excluding hydrogens is 186 g/mol. The van der Waals surface area contributed by atoms with Crippen LogP contribution in [0.25, 0.3) is 0 Å². The molecule has 0 aliphatic heterocycles. The van der Waals surface area contributed by atoms with Crippen LogP contribution in [-0.2, 0) is 0 Å². The van der Waals surface area contributed by atoms with Crippen LogP contribution < -0.4 is 0 Å². The van der Waals surface area contributed by atoms with Crippen molar-refractivity contribution in [3.8, 4) is 0 Å². The van der Waals surface area contributed by atoms with Crippen molar-refractivity contribution < 1.29 is 0 Å². The van der Waals surface area contributed by atoms with E-state index in [2.05, 4.69) is 44.9 Å². The summed E-state index contributed by atoms with van der Waals surface area (Å²) in [4.78, 5) is 8.87. The molecule has 0 amide bonds. The molecule has 1 aliphatic rings. The highest BCUT2D eigenvalue weighted by molar-refractivity contribution is 5.79. The third kappa shape index (κ3) is 3.73. The van der Waals surface area contributed by atoms with Crippen molar-refractivity contribution >= 4 is 5.96 Å². The van der Waals surface area contributed by atoms with Crippen LogP contribution in [0.3, 0.4) is 0 Å². The van der Waals surface area contributed by atoms with Gasteiger partial charge in [-0.3, -0.25) is 4.99 Å². The molecule has 0 saturated heterocycles. The predicted molar refractivity (Wildman–Crippen MR) is 66.2 cm³/mol. The smallest absolute Gasteiger partial charge is 0.195 e. The second kappa shape index (κ2) is 5.38. The Morgan fingerprint density at radius 2 is 1.73 bits per heavy atom. The fourth-order valence-corrected chi connectivity index (χ4v) is 2.38. The lowest BCUT2D eigenvalue weighted by molar-refractivity contribution is 0.465. The van der Waals surface area contributed by atoms with Crippen LogP contribution in [0.5, 0.6) is 0 Å². The van der Waals surface area contributed by atoms with E-state index in [9.17, 15) is 0 Å². The third-order valence-corrected chi connectivity index (χ3v) is 3.09. The van der Waals surface area contributed by atoms with Crippen LogP contribution >= 0.6 is 0 Å². The Hall–Kier alpha value is -0.730. The van der Waals surface area contributed by atoms with Crippen molar-refractivity contribution in [1.29, 1.82) is 0 Å². The van der Waals surface area contributed by atoms with Gasteiger partial charge in [0.05, 0.1) is 0 Å². The van der Waals surface area contributed by atoms with Crippen molar-refractivity contribution in [2.24, 2.45) is 16.8 Å². The van der Waals surface area contributed by atoms with E-state index < -0.39 is 0 Å². The minimum absolute atomic E-state index is 0.815. The zero-order valence-corrected chi connectivity index (χ0v) is 10.8. The normalized spacial score (nSPS) is 25.1. The molecule has 15 heavy (non-hydrogen) atoms. The molecule has 88 valence electrons. The predicted octanol–water partition coefficient (Wildman–Crippen LogP) is 1.90. The minimum Gasteiger partial charge on any atom is -0.349 e. The van der Waals surface area contributed by atoms with Crippen LogP contribution in [0.15, 0.2) is 4.99 Å². The summed E-state index contributed by atoms with van der Waals surface area (Å²) < 4.78 is 0. The van der Waals surface area contributed by atoms with Gasteiger partial charge >= 0.3 is 0 Å². The van der Waals surface area contributed by atoms with E-state index in [0.29, 0.717) is 0 Å². The molecule has 0 aromatic rings. The average molecular weight is 211 g/mol. The van der Waals surface area contributed by atoms with E-state index in [-0.39, 0.29) is 0 Å². The molecule has 1 rings (SSSR count). The summed E-state index contributed by atoms with van der Waals surface area (Å²) in [5, 5.41) is 0. The molecule has 3 nitrogen and oxygen atoms in total. The van der Waals surface area contributed by atoms with Crippen LogP contribution in [0.2, 0.25) is 0 Å². The summed E-state index contributed by atoms with van der Waals surface area (Å²) in [6.45, 7) is 3.35. The zero-order chi connectivity index (χ0) is 11.4. The summed E-state index contributed by atoms with van der Waals surface area (Å²) in [7, 11) is 8.21. The van der Waals surface area contributed by atoms with Gasteiger partial charge in [0.2, 0.25) is 0 Å². The van der Waals surface area contributed by atoms with E-state index in [1.165, 1.54) is 19.3 Å². The molecule has 0 heterocycles. The van der Waals surface area contributed by atoms with Gasteiger partial charge in [-0.2, -0.15) is 0 Å². The van der Waals surface area contributed by atoms with E-state index >= 15 is 0 Å². The Morgan fingerprint density at radius 1 is 1.13 bits per heavy atom. The van der Waals surface area contributed by atoms with Crippen molar-refractivity contribution in [3.63, 3.8) is 0 Å². The van der Waals surface area contributed by atoms with Crippen molar-refractivity contribution in [3.05, 3.63) is 0 Å². The molecule has 0 N–H and O–H groups in total. The van der Waals surface area contributed by atoms with Gasteiger partial charge < -0.3 is 9.80 Å². The van der Waals surface area contributed by atoms with Crippen LogP contribution in [0.1, 0.15) is 26.2 Å². The zero-order valence-electron chi connectivity index (χ0n) is 10.8. The summed E-state index contributed by atoms with van der Waals surface area (Å²) in [6, 6.07) is 0. The molecule has 2 unspecified atom stereocenters. The Bertz CT molecular complexity index is 211. The Labute approximate surface area is 94.2 Å². The largest absolute Gasteiger partial charge is 0.349 e. The Kier molecular flexibility index (Phi) is 4.43. The molecule has 0 aromatic carbocycles. The molecule has 3 heteroatoms. The average Bonchev–Trinajstić information content (AvgIpc) is 2.50. The van der Waals surface area contributed by atoms with Gasteiger partial charge in [0, 0.05) is 34.7 Å². The van der Waals surface area contributed by atoms with Crippen LogP contribution in [0, 0.1) is 11.8 Å². The molecule has 0 radical (unpaired) electrons. The second-order valence-corrected chi connectivity index (χ2v) is 5.21. The van der Waals surface area contributed by atoms with Gasteiger partial charge in [0.15, 0.2) is 5.96 Å². The summed E-state index contributed by atoms with van der Waals surface area (Å²) in [6.07, 6.45) is 4.11. The van der Waals surface area contributed by atoms with Gasteiger partial charge in [0.1, 0.15) is 0 Å². The molecule has 0 aromatic heterocycles. The van der Waals surface area contributed by atoms with Crippen molar-refractivity contribution in [2.75, 3.05) is 34.7 Å².